The Morgan fingerprint density at radius 2 is 1.77 bits per heavy atom. The van der Waals surface area contributed by atoms with Crippen LogP contribution in [-0.4, -0.2) is 61.5 Å². The molecule has 2 aliphatic rings. The van der Waals surface area contributed by atoms with Gasteiger partial charge in [-0.15, -0.1) is 0 Å². The van der Waals surface area contributed by atoms with Crippen LogP contribution in [0.4, 0.5) is 0 Å². The van der Waals surface area contributed by atoms with E-state index in [1.807, 2.05) is 36.4 Å². The molecule has 3 atom stereocenters. The lowest BCUT2D eigenvalue weighted by molar-refractivity contribution is -0.146. The maximum absolute atomic E-state index is 13.7. The van der Waals surface area contributed by atoms with Crippen molar-refractivity contribution in [2.45, 2.75) is 37.8 Å². The number of esters is 1. The number of methoxy groups -OCH3 is 2. The Labute approximate surface area is 225 Å². The van der Waals surface area contributed by atoms with Crippen LogP contribution in [-0.2, 0) is 32.0 Å². The molecule has 1 fully saturated rings. The predicted molar refractivity (Wildman–Crippen MR) is 143 cm³/mol. The van der Waals surface area contributed by atoms with Gasteiger partial charge in [0.15, 0.2) is 0 Å². The van der Waals surface area contributed by atoms with Gasteiger partial charge in [-0.2, -0.15) is 0 Å². The van der Waals surface area contributed by atoms with Crippen LogP contribution in [0, 0.1) is 11.8 Å². The average Bonchev–Trinajstić information content (AvgIpc) is 3.68. The molecule has 2 aromatic carbocycles. The van der Waals surface area contributed by atoms with Gasteiger partial charge >= 0.3 is 5.97 Å². The van der Waals surface area contributed by atoms with Crippen molar-refractivity contribution in [3.8, 4) is 5.75 Å². The summed E-state index contributed by atoms with van der Waals surface area (Å²) in [5.41, 5.74) is 3.26. The van der Waals surface area contributed by atoms with Gasteiger partial charge in [-0.1, -0.05) is 30.3 Å². The highest BCUT2D eigenvalue weighted by atomic mass is 16.5. The van der Waals surface area contributed by atoms with Crippen molar-refractivity contribution in [2.24, 2.45) is 11.8 Å². The summed E-state index contributed by atoms with van der Waals surface area (Å²) in [7, 11) is 2.81. The number of hydrogen-bond donors (Lipinski definition) is 4. The molecule has 3 aromatic rings. The first-order valence-electron chi connectivity index (χ1n) is 13.1. The standard InChI is InChI=1S/C29H32N4O6/c1-38-24-9-5-8-21-20(24)15-22(31-21)27(35)33-25(19-12-16-6-3-4-7-17(16)13-19)28(36)32-23(29(37)39-2)14-18-10-11-30-26(18)34/h3-9,15,18-19,23,25,31H,10-14H2,1-2H3,(H,30,34)(H,32,36)(H,33,35)/t18-,23?,25?/m0/s1. The summed E-state index contributed by atoms with van der Waals surface area (Å²) < 4.78 is 10.3. The maximum Gasteiger partial charge on any atom is 0.328 e. The van der Waals surface area contributed by atoms with Gasteiger partial charge in [0.1, 0.15) is 23.5 Å². The number of hydrogen-bond acceptors (Lipinski definition) is 6. The Balaban J connectivity index is 1.39. The minimum atomic E-state index is -1.02. The number of ether oxygens (including phenoxy) is 2. The van der Waals surface area contributed by atoms with E-state index in [0.717, 1.165) is 22.0 Å². The van der Waals surface area contributed by atoms with Crippen molar-refractivity contribution in [3.63, 3.8) is 0 Å². The Morgan fingerprint density at radius 1 is 1.03 bits per heavy atom. The van der Waals surface area contributed by atoms with Crippen molar-refractivity contribution in [3.05, 3.63) is 65.4 Å². The fourth-order valence-electron chi connectivity index (χ4n) is 5.65. The summed E-state index contributed by atoms with van der Waals surface area (Å²) in [6.45, 7) is 0.527. The molecule has 1 aliphatic heterocycles. The third-order valence-corrected chi connectivity index (χ3v) is 7.70. The molecule has 0 bridgehead atoms. The highest BCUT2D eigenvalue weighted by Crippen LogP contribution is 2.30. The maximum atomic E-state index is 13.7. The number of fused-ring (bicyclic) bond motifs is 2. The summed E-state index contributed by atoms with van der Waals surface area (Å²) in [6, 6.07) is 13.2. The third-order valence-electron chi connectivity index (χ3n) is 7.70. The fraction of sp³-hybridized carbons (Fsp3) is 0.379. The quantitative estimate of drug-likeness (QED) is 0.311. The lowest BCUT2D eigenvalue weighted by Gasteiger charge is -2.26. The summed E-state index contributed by atoms with van der Waals surface area (Å²) in [4.78, 5) is 55.0. The smallest absolute Gasteiger partial charge is 0.328 e. The van der Waals surface area contributed by atoms with Gasteiger partial charge in [-0.25, -0.2) is 4.79 Å². The monoisotopic (exact) mass is 532 g/mol. The largest absolute Gasteiger partial charge is 0.496 e. The molecule has 1 aliphatic carbocycles. The molecule has 204 valence electrons. The Kier molecular flexibility index (Phi) is 7.53. The number of carbonyl (C=O) groups excluding carboxylic acids is 4. The van der Waals surface area contributed by atoms with Gasteiger partial charge in [0, 0.05) is 23.4 Å². The van der Waals surface area contributed by atoms with Gasteiger partial charge in [0.2, 0.25) is 11.8 Å². The van der Waals surface area contributed by atoms with Crippen LogP contribution >= 0.6 is 0 Å². The van der Waals surface area contributed by atoms with Crippen LogP contribution in [0.2, 0.25) is 0 Å². The van der Waals surface area contributed by atoms with E-state index in [-0.39, 0.29) is 23.9 Å². The molecule has 0 radical (unpaired) electrons. The number of carbonyl (C=O) groups is 4. The Morgan fingerprint density at radius 3 is 2.41 bits per heavy atom. The second-order valence-corrected chi connectivity index (χ2v) is 10.1. The van der Waals surface area contributed by atoms with E-state index in [1.165, 1.54) is 7.11 Å². The first-order chi connectivity index (χ1) is 18.9. The third kappa shape index (κ3) is 5.45. The minimum Gasteiger partial charge on any atom is -0.496 e. The first kappa shape index (κ1) is 26.3. The molecule has 4 N–H and O–H groups in total. The second-order valence-electron chi connectivity index (χ2n) is 10.1. The average molecular weight is 533 g/mol. The zero-order valence-electron chi connectivity index (χ0n) is 21.9. The molecule has 2 unspecified atom stereocenters. The molecule has 5 rings (SSSR count). The van der Waals surface area contributed by atoms with Crippen LogP contribution in [0.15, 0.2) is 48.5 Å². The molecule has 10 heteroatoms. The Bertz CT molecular complexity index is 1390. The number of rotatable bonds is 9. The molecule has 0 spiro atoms. The van der Waals surface area contributed by atoms with Gasteiger partial charge in [0.25, 0.3) is 5.91 Å². The number of H-pyrrole nitrogens is 1. The predicted octanol–water partition coefficient (Wildman–Crippen LogP) is 1.87. The van der Waals surface area contributed by atoms with Crippen LogP contribution in [0.25, 0.3) is 10.9 Å². The summed E-state index contributed by atoms with van der Waals surface area (Å²) in [6.07, 6.45) is 1.90. The van der Waals surface area contributed by atoms with Crippen LogP contribution < -0.4 is 20.7 Å². The van der Waals surface area contributed by atoms with Crippen LogP contribution in [0.5, 0.6) is 5.75 Å². The molecule has 39 heavy (non-hydrogen) atoms. The van der Waals surface area contributed by atoms with Crippen molar-refractivity contribution in [2.75, 3.05) is 20.8 Å². The van der Waals surface area contributed by atoms with E-state index in [1.54, 1.807) is 19.2 Å². The summed E-state index contributed by atoms with van der Waals surface area (Å²) in [5.74, 6) is -1.73. The summed E-state index contributed by atoms with van der Waals surface area (Å²) in [5, 5.41) is 9.20. The molecule has 0 saturated carbocycles. The van der Waals surface area contributed by atoms with E-state index in [9.17, 15) is 19.2 Å². The molecular weight excluding hydrogens is 500 g/mol. The highest BCUT2D eigenvalue weighted by molar-refractivity contribution is 6.02. The van der Waals surface area contributed by atoms with Gasteiger partial charge in [-0.3, -0.25) is 14.4 Å². The van der Waals surface area contributed by atoms with Crippen molar-refractivity contribution in [1.82, 2.24) is 20.9 Å². The molecule has 1 saturated heterocycles. The zero-order chi connectivity index (χ0) is 27.5. The van der Waals surface area contributed by atoms with Crippen molar-refractivity contribution >= 4 is 34.6 Å². The highest BCUT2D eigenvalue weighted by Gasteiger charge is 2.38. The van der Waals surface area contributed by atoms with E-state index >= 15 is 0 Å². The van der Waals surface area contributed by atoms with Gasteiger partial charge in [-0.05, 0) is 60.9 Å². The fourth-order valence-corrected chi connectivity index (χ4v) is 5.65. The van der Waals surface area contributed by atoms with Crippen LogP contribution in [0.1, 0.15) is 34.5 Å². The van der Waals surface area contributed by atoms with E-state index in [2.05, 4.69) is 20.9 Å². The molecule has 10 nitrogen and oxygen atoms in total. The number of aromatic amines is 1. The van der Waals surface area contributed by atoms with E-state index in [4.69, 9.17) is 9.47 Å². The lowest BCUT2D eigenvalue weighted by Crippen LogP contribution is -2.55. The van der Waals surface area contributed by atoms with E-state index in [0.29, 0.717) is 31.6 Å². The number of nitrogens with one attached hydrogen (secondary N) is 4. The molecule has 2 heterocycles. The number of benzene rings is 2. The number of aromatic nitrogens is 1. The topological polar surface area (TPSA) is 139 Å². The normalized spacial score (nSPS) is 18.2. The number of amides is 3. The van der Waals surface area contributed by atoms with E-state index < -0.39 is 35.8 Å². The summed E-state index contributed by atoms with van der Waals surface area (Å²) >= 11 is 0. The molecular formula is C29H32N4O6. The first-order valence-corrected chi connectivity index (χ1v) is 13.1. The Hall–Kier alpha value is -4.34. The van der Waals surface area contributed by atoms with Crippen molar-refractivity contribution < 1.29 is 28.7 Å². The zero-order valence-corrected chi connectivity index (χ0v) is 21.9. The second kappa shape index (κ2) is 11.2. The van der Waals surface area contributed by atoms with Crippen molar-refractivity contribution in [1.29, 1.82) is 0 Å². The minimum absolute atomic E-state index is 0.123. The van der Waals surface area contributed by atoms with Crippen LogP contribution in [0.3, 0.4) is 0 Å². The van der Waals surface area contributed by atoms with Gasteiger partial charge in [0.05, 0.1) is 14.2 Å². The molecule has 1 aromatic heterocycles. The SMILES string of the molecule is COC(=O)C(C[C@@H]1CCNC1=O)NC(=O)C(NC(=O)c1cc2c(OC)cccc2[nH]1)C1Cc2ccccc2C1. The lowest BCUT2D eigenvalue weighted by atomic mass is 9.94. The van der Waals surface area contributed by atoms with Gasteiger partial charge < -0.3 is 30.4 Å². The molecule has 3 amide bonds.